The van der Waals surface area contributed by atoms with Crippen LogP contribution in [0.15, 0.2) is 36.4 Å². The van der Waals surface area contributed by atoms with Gasteiger partial charge in [-0.15, -0.1) is 0 Å². The Bertz CT molecular complexity index is 732. The molecule has 8 heteroatoms. The van der Waals surface area contributed by atoms with Gasteiger partial charge >= 0.3 is 5.97 Å². The lowest BCUT2D eigenvalue weighted by atomic mass is 10.2. The van der Waals surface area contributed by atoms with Crippen LogP contribution in [-0.4, -0.2) is 16.0 Å². The largest absolute Gasteiger partial charge is 0.478 e. The maximum absolute atomic E-state index is 11.1. The molecule has 0 aromatic heterocycles. The fraction of sp³-hybridized carbons (Fsp3) is 0. The van der Waals surface area contributed by atoms with E-state index in [2.05, 4.69) is 0 Å². The lowest BCUT2D eigenvalue weighted by molar-refractivity contribution is -0.384. The first-order valence-corrected chi connectivity index (χ1v) is 6.28. The highest BCUT2D eigenvalue weighted by Crippen LogP contribution is 2.34. The van der Waals surface area contributed by atoms with Crippen LogP contribution in [0.2, 0.25) is 10.0 Å². The van der Waals surface area contributed by atoms with Gasteiger partial charge < -0.3 is 9.84 Å². The lowest BCUT2D eigenvalue weighted by Crippen LogP contribution is -2.01. The van der Waals surface area contributed by atoms with Crippen LogP contribution in [0.4, 0.5) is 5.69 Å². The van der Waals surface area contributed by atoms with E-state index in [1.165, 1.54) is 18.2 Å². The minimum Gasteiger partial charge on any atom is -0.478 e. The number of hydrogen-bond acceptors (Lipinski definition) is 4. The number of carboxylic acids is 1. The van der Waals surface area contributed by atoms with Gasteiger partial charge in [-0.2, -0.15) is 0 Å². The average Bonchev–Trinajstić information content (AvgIpc) is 2.41. The average molecular weight is 328 g/mol. The zero-order valence-corrected chi connectivity index (χ0v) is 11.8. The minimum absolute atomic E-state index is 0.143. The van der Waals surface area contributed by atoms with E-state index in [0.717, 1.165) is 18.2 Å². The molecule has 0 amide bonds. The third kappa shape index (κ3) is 3.42. The number of carbonyl (C=O) groups is 1. The van der Waals surface area contributed by atoms with Gasteiger partial charge in [0.25, 0.3) is 5.69 Å². The maximum Gasteiger partial charge on any atom is 0.339 e. The molecule has 6 nitrogen and oxygen atoms in total. The van der Waals surface area contributed by atoms with E-state index in [9.17, 15) is 14.9 Å². The summed E-state index contributed by atoms with van der Waals surface area (Å²) in [6, 6.07) is 7.56. The van der Waals surface area contributed by atoms with Crippen molar-refractivity contribution in [2.75, 3.05) is 0 Å². The second-order valence-electron chi connectivity index (χ2n) is 3.92. The van der Waals surface area contributed by atoms with E-state index < -0.39 is 10.9 Å². The van der Waals surface area contributed by atoms with Crippen molar-refractivity contribution in [1.29, 1.82) is 0 Å². The fourth-order valence-electron chi connectivity index (χ4n) is 1.56. The van der Waals surface area contributed by atoms with Gasteiger partial charge in [0.05, 0.1) is 16.0 Å². The standard InChI is InChI=1S/C13H7Cl2NO5/c14-7-1-4-11(10(15)5-7)21-12-6-8(16(19)20)2-3-9(12)13(17)18/h1-6H,(H,17,18). The van der Waals surface area contributed by atoms with Gasteiger partial charge in [-0.1, -0.05) is 23.2 Å². The van der Waals surface area contributed by atoms with Gasteiger partial charge in [-0.05, 0) is 24.3 Å². The van der Waals surface area contributed by atoms with Crippen molar-refractivity contribution in [1.82, 2.24) is 0 Å². The summed E-state index contributed by atoms with van der Waals surface area (Å²) in [6.07, 6.45) is 0. The second kappa shape index (κ2) is 5.99. The van der Waals surface area contributed by atoms with E-state index in [0.29, 0.717) is 5.02 Å². The molecule has 0 aliphatic rings. The van der Waals surface area contributed by atoms with Crippen molar-refractivity contribution >= 4 is 34.9 Å². The Kier molecular flexibility index (Phi) is 4.30. The van der Waals surface area contributed by atoms with Gasteiger partial charge in [0.15, 0.2) is 0 Å². The molecule has 0 bridgehead atoms. The van der Waals surface area contributed by atoms with Gasteiger partial charge in [0.1, 0.15) is 17.1 Å². The molecule has 21 heavy (non-hydrogen) atoms. The summed E-state index contributed by atoms with van der Waals surface area (Å²) < 4.78 is 5.37. The molecule has 0 fully saturated rings. The number of ether oxygens (including phenoxy) is 1. The molecule has 2 aromatic rings. The maximum atomic E-state index is 11.1. The van der Waals surface area contributed by atoms with Crippen LogP contribution < -0.4 is 4.74 Å². The topological polar surface area (TPSA) is 89.7 Å². The number of nitro groups is 1. The minimum atomic E-state index is -1.27. The molecule has 0 atom stereocenters. The molecule has 108 valence electrons. The van der Waals surface area contributed by atoms with Crippen molar-refractivity contribution in [3.05, 3.63) is 62.1 Å². The highest BCUT2D eigenvalue weighted by Gasteiger charge is 2.18. The summed E-state index contributed by atoms with van der Waals surface area (Å²) in [5, 5.41) is 20.4. The zero-order valence-electron chi connectivity index (χ0n) is 10.2. The summed E-state index contributed by atoms with van der Waals surface area (Å²) in [7, 11) is 0. The van der Waals surface area contributed by atoms with Crippen molar-refractivity contribution < 1.29 is 19.6 Å². The summed E-state index contributed by atoms with van der Waals surface area (Å²) in [6.45, 7) is 0. The third-order valence-electron chi connectivity index (χ3n) is 2.52. The first-order chi connectivity index (χ1) is 9.88. The van der Waals surface area contributed by atoms with E-state index in [1.807, 2.05) is 0 Å². The molecule has 2 aromatic carbocycles. The Morgan fingerprint density at radius 3 is 2.43 bits per heavy atom. The van der Waals surface area contributed by atoms with Crippen LogP contribution in [-0.2, 0) is 0 Å². The fourth-order valence-corrected chi connectivity index (χ4v) is 2.01. The molecule has 0 aliphatic carbocycles. The number of aromatic carboxylic acids is 1. The van der Waals surface area contributed by atoms with Crippen LogP contribution in [0.5, 0.6) is 11.5 Å². The molecule has 0 spiro atoms. The highest BCUT2D eigenvalue weighted by molar-refractivity contribution is 6.35. The van der Waals surface area contributed by atoms with E-state index in [-0.39, 0.29) is 27.8 Å². The first-order valence-electron chi connectivity index (χ1n) is 5.53. The Hall–Kier alpha value is -2.31. The van der Waals surface area contributed by atoms with Crippen molar-refractivity contribution in [2.45, 2.75) is 0 Å². The van der Waals surface area contributed by atoms with E-state index in [1.54, 1.807) is 0 Å². The SMILES string of the molecule is O=C(O)c1ccc([N+](=O)[O-])cc1Oc1ccc(Cl)cc1Cl. The van der Waals surface area contributed by atoms with Crippen LogP contribution >= 0.6 is 23.2 Å². The lowest BCUT2D eigenvalue weighted by Gasteiger charge is -2.10. The molecule has 0 aliphatic heterocycles. The Morgan fingerprint density at radius 1 is 1.14 bits per heavy atom. The summed E-state index contributed by atoms with van der Waals surface area (Å²) in [5.41, 5.74) is -0.508. The number of non-ortho nitro benzene ring substituents is 1. The summed E-state index contributed by atoms with van der Waals surface area (Å²) in [5.74, 6) is -1.31. The smallest absolute Gasteiger partial charge is 0.339 e. The van der Waals surface area contributed by atoms with Gasteiger partial charge in [-0.3, -0.25) is 10.1 Å². The molecular weight excluding hydrogens is 321 g/mol. The number of benzene rings is 2. The Balaban J connectivity index is 2.48. The number of nitro benzene ring substituents is 1. The molecule has 0 saturated carbocycles. The number of hydrogen-bond donors (Lipinski definition) is 1. The molecule has 0 saturated heterocycles. The number of nitrogens with zero attached hydrogens (tertiary/aromatic N) is 1. The molecule has 0 unspecified atom stereocenters. The van der Waals surface area contributed by atoms with Crippen LogP contribution in [0.3, 0.4) is 0 Å². The normalized spacial score (nSPS) is 10.2. The Morgan fingerprint density at radius 2 is 1.86 bits per heavy atom. The summed E-state index contributed by atoms with van der Waals surface area (Å²) in [4.78, 5) is 21.2. The van der Waals surface area contributed by atoms with Gasteiger partial charge in [0.2, 0.25) is 0 Å². The van der Waals surface area contributed by atoms with Crippen LogP contribution in [0.25, 0.3) is 0 Å². The highest BCUT2D eigenvalue weighted by atomic mass is 35.5. The molecule has 0 heterocycles. The van der Waals surface area contributed by atoms with Crippen molar-refractivity contribution in [3.8, 4) is 11.5 Å². The van der Waals surface area contributed by atoms with Gasteiger partial charge in [0, 0.05) is 11.1 Å². The van der Waals surface area contributed by atoms with Crippen LogP contribution in [0, 0.1) is 10.1 Å². The quantitative estimate of drug-likeness (QED) is 0.664. The van der Waals surface area contributed by atoms with Crippen LogP contribution in [0.1, 0.15) is 10.4 Å². The molecular formula is C13H7Cl2NO5. The molecule has 2 rings (SSSR count). The third-order valence-corrected chi connectivity index (χ3v) is 3.05. The van der Waals surface area contributed by atoms with Crippen molar-refractivity contribution in [2.24, 2.45) is 0 Å². The first kappa shape index (κ1) is 15.1. The predicted octanol–water partition coefficient (Wildman–Crippen LogP) is 4.39. The predicted molar refractivity (Wildman–Crippen MR) is 76.6 cm³/mol. The number of rotatable bonds is 4. The zero-order chi connectivity index (χ0) is 15.6. The number of halogens is 2. The Labute approximate surface area is 128 Å². The second-order valence-corrected chi connectivity index (χ2v) is 4.76. The van der Waals surface area contributed by atoms with E-state index in [4.69, 9.17) is 33.0 Å². The number of carboxylic acid groups (broad SMARTS) is 1. The van der Waals surface area contributed by atoms with Crippen molar-refractivity contribution in [3.63, 3.8) is 0 Å². The van der Waals surface area contributed by atoms with E-state index >= 15 is 0 Å². The summed E-state index contributed by atoms with van der Waals surface area (Å²) >= 11 is 11.7. The molecule has 1 N–H and O–H groups in total. The monoisotopic (exact) mass is 327 g/mol. The van der Waals surface area contributed by atoms with Gasteiger partial charge in [-0.25, -0.2) is 4.79 Å². The molecule has 0 radical (unpaired) electrons.